The van der Waals surface area contributed by atoms with Crippen molar-refractivity contribution in [2.24, 2.45) is 11.7 Å². The number of thioether (sulfide) groups is 1. The standard InChI is InChI=1S/C18H22F2N6S.ClH/c1-17(2,20)14-13(19)7-23-16(24-14)26-8-12-9-27-15(21)25-18(12,10-26)11-4-3-5-22-6-11;/h3-7,12,15,25H,8-10,21H2,1-2H3;1H/t12-,15?,18+;/m0./s1. The van der Waals surface area contributed by atoms with Crippen LogP contribution in [0.25, 0.3) is 0 Å². The minimum Gasteiger partial charge on any atom is -0.338 e. The van der Waals surface area contributed by atoms with Crippen LogP contribution in [0.3, 0.4) is 0 Å². The Morgan fingerprint density at radius 1 is 1.39 bits per heavy atom. The second-order valence-electron chi connectivity index (χ2n) is 7.53. The lowest BCUT2D eigenvalue weighted by Crippen LogP contribution is -2.59. The van der Waals surface area contributed by atoms with Gasteiger partial charge in [-0.1, -0.05) is 6.07 Å². The van der Waals surface area contributed by atoms with Crippen molar-refractivity contribution in [2.45, 2.75) is 30.6 Å². The molecule has 2 aliphatic rings. The first-order chi connectivity index (χ1) is 12.8. The molecule has 0 bridgehead atoms. The van der Waals surface area contributed by atoms with Gasteiger partial charge in [0, 0.05) is 37.2 Å². The average molecular weight is 429 g/mol. The van der Waals surface area contributed by atoms with E-state index in [9.17, 15) is 8.78 Å². The molecular formula is C18H23ClF2N6S. The normalized spacial score (nSPS) is 27.2. The molecule has 0 amide bonds. The van der Waals surface area contributed by atoms with Crippen LogP contribution in [0, 0.1) is 11.7 Å². The van der Waals surface area contributed by atoms with Crippen LogP contribution in [0.4, 0.5) is 14.7 Å². The van der Waals surface area contributed by atoms with Gasteiger partial charge in [-0.25, -0.2) is 18.7 Å². The molecule has 0 radical (unpaired) electrons. The molecule has 6 nitrogen and oxygen atoms in total. The number of pyridine rings is 1. The largest absolute Gasteiger partial charge is 0.338 e. The second kappa shape index (κ2) is 7.70. The summed E-state index contributed by atoms with van der Waals surface area (Å²) in [6.07, 6.45) is 4.62. The molecule has 0 aliphatic carbocycles. The molecular weight excluding hydrogens is 406 g/mol. The molecule has 4 rings (SSSR count). The highest BCUT2D eigenvalue weighted by Crippen LogP contribution is 2.43. The van der Waals surface area contributed by atoms with Crippen LogP contribution in [-0.2, 0) is 11.2 Å². The highest BCUT2D eigenvalue weighted by molar-refractivity contribution is 7.99. The van der Waals surface area contributed by atoms with Crippen molar-refractivity contribution < 1.29 is 8.78 Å². The predicted octanol–water partition coefficient (Wildman–Crippen LogP) is 2.55. The highest BCUT2D eigenvalue weighted by Gasteiger charge is 2.51. The van der Waals surface area contributed by atoms with Crippen LogP contribution >= 0.6 is 24.2 Å². The number of nitrogens with zero attached hydrogens (tertiary/aromatic N) is 4. The smallest absolute Gasteiger partial charge is 0.225 e. The van der Waals surface area contributed by atoms with Crippen LogP contribution < -0.4 is 16.0 Å². The Balaban J connectivity index is 0.00000225. The van der Waals surface area contributed by atoms with Gasteiger partial charge in [0.2, 0.25) is 5.95 Å². The van der Waals surface area contributed by atoms with Gasteiger partial charge in [-0.2, -0.15) is 0 Å². The summed E-state index contributed by atoms with van der Waals surface area (Å²) < 4.78 is 28.4. The fourth-order valence-corrected chi connectivity index (χ4v) is 5.03. The number of nitrogens with one attached hydrogen (secondary N) is 1. The van der Waals surface area contributed by atoms with E-state index in [2.05, 4.69) is 20.3 Å². The van der Waals surface area contributed by atoms with E-state index in [0.717, 1.165) is 17.5 Å². The lowest BCUT2D eigenvalue weighted by atomic mass is 9.82. The number of nitrogens with two attached hydrogens (primary N) is 1. The third-order valence-corrected chi connectivity index (χ3v) is 6.28. The Bertz CT molecular complexity index is 837. The van der Waals surface area contributed by atoms with Crippen molar-refractivity contribution in [1.29, 1.82) is 0 Å². The van der Waals surface area contributed by atoms with E-state index in [1.807, 2.05) is 23.2 Å². The second-order valence-corrected chi connectivity index (χ2v) is 8.70. The molecule has 2 aliphatic heterocycles. The average Bonchev–Trinajstić information content (AvgIpc) is 3.02. The Labute approximate surface area is 173 Å². The van der Waals surface area contributed by atoms with Gasteiger partial charge in [-0.3, -0.25) is 10.3 Å². The monoisotopic (exact) mass is 428 g/mol. The lowest BCUT2D eigenvalue weighted by Gasteiger charge is -2.42. The maximum atomic E-state index is 14.3. The first kappa shape index (κ1) is 21.2. The summed E-state index contributed by atoms with van der Waals surface area (Å²) in [7, 11) is 0. The maximum absolute atomic E-state index is 14.3. The third kappa shape index (κ3) is 3.68. The molecule has 4 heterocycles. The summed E-state index contributed by atoms with van der Waals surface area (Å²) >= 11 is 1.65. The van der Waals surface area contributed by atoms with Crippen LogP contribution in [-0.4, -0.2) is 39.3 Å². The Morgan fingerprint density at radius 3 is 2.86 bits per heavy atom. The topological polar surface area (TPSA) is 80.0 Å². The van der Waals surface area contributed by atoms with Gasteiger partial charge in [0.1, 0.15) is 16.9 Å². The summed E-state index contributed by atoms with van der Waals surface area (Å²) in [6, 6.07) is 3.93. The summed E-state index contributed by atoms with van der Waals surface area (Å²) in [5, 5.41) is 3.52. The van der Waals surface area contributed by atoms with Gasteiger partial charge < -0.3 is 10.6 Å². The van der Waals surface area contributed by atoms with Gasteiger partial charge in [-0.05, 0) is 25.5 Å². The summed E-state index contributed by atoms with van der Waals surface area (Å²) in [4.78, 5) is 14.6. The summed E-state index contributed by atoms with van der Waals surface area (Å²) in [6.45, 7) is 3.80. The Kier molecular flexibility index (Phi) is 5.82. The number of hydrogen-bond donors (Lipinski definition) is 2. The molecule has 3 atom stereocenters. The molecule has 2 saturated heterocycles. The molecule has 2 fully saturated rings. The van der Waals surface area contributed by atoms with E-state index in [0.29, 0.717) is 19.0 Å². The van der Waals surface area contributed by atoms with Crippen molar-refractivity contribution in [2.75, 3.05) is 23.7 Å². The van der Waals surface area contributed by atoms with Gasteiger partial charge in [-0.15, -0.1) is 24.2 Å². The molecule has 152 valence electrons. The number of alkyl halides is 1. The van der Waals surface area contributed by atoms with E-state index < -0.39 is 17.0 Å². The van der Waals surface area contributed by atoms with Gasteiger partial charge in [0.05, 0.1) is 11.7 Å². The van der Waals surface area contributed by atoms with Crippen LogP contribution in [0.15, 0.2) is 30.7 Å². The van der Waals surface area contributed by atoms with E-state index in [-0.39, 0.29) is 29.5 Å². The molecule has 10 heteroatoms. The summed E-state index contributed by atoms with van der Waals surface area (Å²) in [5.41, 5.74) is 4.52. The number of hydrogen-bond acceptors (Lipinski definition) is 7. The zero-order chi connectivity index (χ0) is 19.2. The first-order valence-electron chi connectivity index (χ1n) is 8.82. The first-order valence-corrected chi connectivity index (χ1v) is 9.87. The zero-order valence-corrected chi connectivity index (χ0v) is 17.2. The van der Waals surface area contributed by atoms with Crippen molar-refractivity contribution >= 4 is 30.1 Å². The van der Waals surface area contributed by atoms with Crippen molar-refractivity contribution in [1.82, 2.24) is 20.3 Å². The number of rotatable bonds is 3. The molecule has 1 unspecified atom stereocenters. The van der Waals surface area contributed by atoms with Crippen LogP contribution in [0.5, 0.6) is 0 Å². The van der Waals surface area contributed by atoms with Crippen LogP contribution in [0.1, 0.15) is 25.1 Å². The molecule has 2 aromatic rings. The summed E-state index contributed by atoms with van der Waals surface area (Å²) in [5.74, 6) is 0.695. The minimum absolute atomic E-state index is 0. The van der Waals surface area contributed by atoms with E-state index in [1.165, 1.54) is 13.8 Å². The third-order valence-electron chi connectivity index (χ3n) is 5.21. The molecule has 28 heavy (non-hydrogen) atoms. The van der Waals surface area contributed by atoms with Crippen molar-refractivity contribution in [3.05, 3.63) is 47.8 Å². The van der Waals surface area contributed by atoms with Crippen molar-refractivity contribution in [3.8, 4) is 0 Å². The van der Waals surface area contributed by atoms with Crippen LogP contribution in [0.2, 0.25) is 0 Å². The molecule has 0 aromatic carbocycles. The fraction of sp³-hybridized carbons (Fsp3) is 0.500. The predicted molar refractivity (Wildman–Crippen MR) is 109 cm³/mol. The van der Waals surface area contributed by atoms with E-state index in [4.69, 9.17) is 5.73 Å². The minimum atomic E-state index is -1.88. The number of anilines is 1. The fourth-order valence-electron chi connectivity index (χ4n) is 3.91. The zero-order valence-electron chi connectivity index (χ0n) is 15.6. The number of aromatic nitrogens is 3. The lowest BCUT2D eigenvalue weighted by molar-refractivity contribution is 0.205. The molecule has 2 aromatic heterocycles. The van der Waals surface area contributed by atoms with Gasteiger partial charge >= 0.3 is 0 Å². The number of halogens is 3. The van der Waals surface area contributed by atoms with Crippen molar-refractivity contribution in [3.63, 3.8) is 0 Å². The SMILES string of the molecule is CC(C)(F)c1nc(N2C[C@H]3CSC(N)N[C@@]3(c3cccnc3)C2)ncc1F.Cl. The van der Waals surface area contributed by atoms with Gasteiger partial charge in [0.15, 0.2) is 5.82 Å². The molecule has 0 spiro atoms. The molecule has 0 saturated carbocycles. The van der Waals surface area contributed by atoms with E-state index >= 15 is 0 Å². The highest BCUT2D eigenvalue weighted by atomic mass is 35.5. The Morgan fingerprint density at radius 2 is 2.18 bits per heavy atom. The maximum Gasteiger partial charge on any atom is 0.225 e. The van der Waals surface area contributed by atoms with E-state index in [1.54, 1.807) is 18.0 Å². The number of fused-ring (bicyclic) bond motifs is 1. The Hall–Kier alpha value is -1.55. The van der Waals surface area contributed by atoms with Gasteiger partial charge in [0.25, 0.3) is 0 Å². The quantitative estimate of drug-likeness (QED) is 0.777. The molecule has 3 N–H and O–H groups in total.